The van der Waals surface area contributed by atoms with Crippen molar-refractivity contribution in [1.82, 2.24) is 4.90 Å². The highest BCUT2D eigenvalue weighted by atomic mass is 16.7. The van der Waals surface area contributed by atoms with Gasteiger partial charge in [0.1, 0.15) is 0 Å². The highest BCUT2D eigenvalue weighted by Gasteiger charge is 2.20. The molecule has 1 fully saturated rings. The molecule has 0 unspecified atom stereocenters. The molecule has 2 heterocycles. The second kappa shape index (κ2) is 6.33. The van der Waals surface area contributed by atoms with Gasteiger partial charge < -0.3 is 18.9 Å². The Labute approximate surface area is 119 Å². The molecule has 0 spiro atoms. The van der Waals surface area contributed by atoms with Gasteiger partial charge in [0.05, 0.1) is 20.3 Å². The Balaban J connectivity index is 1.57. The number of morpholine rings is 1. The summed E-state index contributed by atoms with van der Waals surface area (Å²) in [4.78, 5) is 2.45. The van der Waals surface area contributed by atoms with Crippen LogP contribution in [0.1, 0.15) is 12.0 Å². The van der Waals surface area contributed by atoms with E-state index in [4.69, 9.17) is 18.9 Å². The van der Waals surface area contributed by atoms with E-state index in [1.807, 2.05) is 6.07 Å². The van der Waals surface area contributed by atoms with Crippen LogP contribution in [0.15, 0.2) is 12.1 Å². The first-order valence-corrected chi connectivity index (χ1v) is 7.13. The lowest BCUT2D eigenvalue weighted by atomic mass is 10.1. The van der Waals surface area contributed by atoms with Crippen molar-refractivity contribution in [3.05, 3.63) is 17.7 Å². The number of nitrogens with zero attached hydrogens (tertiary/aromatic N) is 1. The van der Waals surface area contributed by atoms with Gasteiger partial charge >= 0.3 is 0 Å². The summed E-state index contributed by atoms with van der Waals surface area (Å²) in [5.41, 5.74) is 1.24. The molecule has 0 aromatic heterocycles. The van der Waals surface area contributed by atoms with Gasteiger partial charge in [-0.2, -0.15) is 0 Å². The Morgan fingerprint density at radius 2 is 2.05 bits per heavy atom. The van der Waals surface area contributed by atoms with Gasteiger partial charge in [0.15, 0.2) is 11.5 Å². The Morgan fingerprint density at radius 3 is 2.85 bits per heavy atom. The van der Waals surface area contributed by atoms with Crippen LogP contribution in [0.2, 0.25) is 0 Å². The number of rotatable bonds is 5. The SMILES string of the molecule is COc1cc(CCCN2CCOCC2)cc2c1OCO2. The fourth-order valence-corrected chi connectivity index (χ4v) is 2.66. The number of ether oxygens (including phenoxy) is 4. The lowest BCUT2D eigenvalue weighted by Gasteiger charge is -2.26. The predicted molar refractivity (Wildman–Crippen MR) is 74.7 cm³/mol. The molecular weight excluding hydrogens is 258 g/mol. The third-order valence-corrected chi connectivity index (χ3v) is 3.76. The van der Waals surface area contributed by atoms with E-state index in [2.05, 4.69) is 11.0 Å². The summed E-state index contributed by atoms with van der Waals surface area (Å²) >= 11 is 0. The monoisotopic (exact) mass is 279 g/mol. The molecule has 0 atom stereocenters. The van der Waals surface area contributed by atoms with Crippen molar-refractivity contribution in [3.63, 3.8) is 0 Å². The molecule has 2 aliphatic rings. The summed E-state index contributed by atoms with van der Waals surface area (Å²) in [7, 11) is 1.66. The summed E-state index contributed by atoms with van der Waals surface area (Å²) in [5, 5.41) is 0. The average Bonchev–Trinajstić information content (AvgIpc) is 2.96. The molecule has 0 amide bonds. The number of fused-ring (bicyclic) bond motifs is 1. The molecule has 0 aliphatic carbocycles. The second-order valence-electron chi connectivity index (χ2n) is 5.09. The van der Waals surface area contributed by atoms with E-state index in [-0.39, 0.29) is 6.79 Å². The molecule has 0 bridgehead atoms. The molecule has 0 radical (unpaired) electrons. The maximum Gasteiger partial charge on any atom is 0.231 e. The molecule has 1 aromatic rings. The lowest BCUT2D eigenvalue weighted by Crippen LogP contribution is -2.36. The van der Waals surface area contributed by atoms with E-state index < -0.39 is 0 Å². The van der Waals surface area contributed by atoms with Gasteiger partial charge in [0.2, 0.25) is 12.5 Å². The Hall–Kier alpha value is -1.46. The molecule has 0 N–H and O–H groups in total. The number of benzene rings is 1. The number of methoxy groups -OCH3 is 1. The Bertz CT molecular complexity index is 457. The van der Waals surface area contributed by atoms with Gasteiger partial charge in [-0.25, -0.2) is 0 Å². The van der Waals surface area contributed by atoms with E-state index in [0.717, 1.165) is 62.9 Å². The van der Waals surface area contributed by atoms with Crippen molar-refractivity contribution in [2.24, 2.45) is 0 Å². The van der Waals surface area contributed by atoms with Crippen LogP contribution >= 0.6 is 0 Å². The normalized spacial score (nSPS) is 18.2. The van der Waals surface area contributed by atoms with Crippen molar-refractivity contribution in [2.75, 3.05) is 46.8 Å². The lowest BCUT2D eigenvalue weighted by molar-refractivity contribution is 0.0374. The fourth-order valence-electron chi connectivity index (χ4n) is 2.66. The van der Waals surface area contributed by atoms with Gasteiger partial charge in [0.25, 0.3) is 0 Å². The summed E-state index contributed by atoms with van der Waals surface area (Å²) in [6.07, 6.45) is 2.15. The highest BCUT2D eigenvalue weighted by molar-refractivity contribution is 5.55. The van der Waals surface area contributed by atoms with E-state index in [9.17, 15) is 0 Å². The Morgan fingerprint density at radius 1 is 1.20 bits per heavy atom. The molecule has 110 valence electrons. The van der Waals surface area contributed by atoms with Gasteiger partial charge in [-0.05, 0) is 37.1 Å². The number of hydrogen-bond donors (Lipinski definition) is 0. The fraction of sp³-hybridized carbons (Fsp3) is 0.600. The van der Waals surface area contributed by atoms with E-state index in [1.165, 1.54) is 5.56 Å². The highest BCUT2D eigenvalue weighted by Crippen LogP contribution is 2.41. The molecule has 0 saturated carbocycles. The maximum absolute atomic E-state index is 5.45. The van der Waals surface area contributed by atoms with Crippen LogP contribution in [-0.2, 0) is 11.2 Å². The number of aryl methyl sites for hydroxylation is 1. The quantitative estimate of drug-likeness (QED) is 0.820. The van der Waals surface area contributed by atoms with Crippen molar-refractivity contribution in [2.45, 2.75) is 12.8 Å². The van der Waals surface area contributed by atoms with Crippen LogP contribution in [0.25, 0.3) is 0 Å². The van der Waals surface area contributed by atoms with E-state index in [0.29, 0.717) is 0 Å². The maximum atomic E-state index is 5.45. The van der Waals surface area contributed by atoms with Gasteiger partial charge in [-0.3, -0.25) is 4.90 Å². The minimum atomic E-state index is 0.281. The van der Waals surface area contributed by atoms with Crippen molar-refractivity contribution >= 4 is 0 Å². The van der Waals surface area contributed by atoms with E-state index >= 15 is 0 Å². The minimum absolute atomic E-state index is 0.281. The van der Waals surface area contributed by atoms with Crippen LogP contribution in [0.5, 0.6) is 17.2 Å². The first-order valence-electron chi connectivity index (χ1n) is 7.13. The summed E-state index contributed by atoms with van der Waals surface area (Å²) in [6, 6.07) is 4.11. The molecule has 20 heavy (non-hydrogen) atoms. The number of hydrogen-bond acceptors (Lipinski definition) is 5. The average molecular weight is 279 g/mol. The molecule has 1 saturated heterocycles. The molecule has 5 nitrogen and oxygen atoms in total. The standard InChI is InChI=1S/C15H21NO4/c1-17-13-9-12(10-14-15(13)20-11-19-14)3-2-4-16-5-7-18-8-6-16/h9-10H,2-8,11H2,1H3. The largest absolute Gasteiger partial charge is 0.493 e. The summed E-state index contributed by atoms with van der Waals surface area (Å²) in [6.45, 7) is 5.20. The molecule has 1 aromatic carbocycles. The third-order valence-electron chi connectivity index (χ3n) is 3.76. The smallest absolute Gasteiger partial charge is 0.231 e. The van der Waals surface area contributed by atoms with Crippen molar-refractivity contribution < 1.29 is 18.9 Å². The molecule has 5 heteroatoms. The zero-order valence-corrected chi connectivity index (χ0v) is 11.9. The van der Waals surface area contributed by atoms with Gasteiger partial charge in [-0.15, -0.1) is 0 Å². The Kier molecular flexibility index (Phi) is 4.28. The minimum Gasteiger partial charge on any atom is -0.493 e. The van der Waals surface area contributed by atoms with Gasteiger partial charge in [0, 0.05) is 13.1 Å². The third kappa shape index (κ3) is 2.99. The zero-order chi connectivity index (χ0) is 13.8. The van der Waals surface area contributed by atoms with Crippen LogP contribution in [0.3, 0.4) is 0 Å². The van der Waals surface area contributed by atoms with E-state index in [1.54, 1.807) is 7.11 Å². The van der Waals surface area contributed by atoms with Crippen LogP contribution in [-0.4, -0.2) is 51.7 Å². The molecular formula is C15H21NO4. The van der Waals surface area contributed by atoms with Crippen molar-refractivity contribution in [3.8, 4) is 17.2 Å². The first kappa shape index (κ1) is 13.5. The summed E-state index contributed by atoms with van der Waals surface area (Å²) < 4.78 is 21.6. The van der Waals surface area contributed by atoms with Crippen LogP contribution in [0, 0.1) is 0 Å². The molecule has 2 aliphatic heterocycles. The second-order valence-corrected chi connectivity index (χ2v) is 5.09. The zero-order valence-electron chi connectivity index (χ0n) is 11.9. The predicted octanol–water partition coefficient (Wildman–Crippen LogP) is 1.69. The van der Waals surface area contributed by atoms with Gasteiger partial charge in [-0.1, -0.05) is 0 Å². The topological polar surface area (TPSA) is 40.2 Å². The molecule has 3 rings (SSSR count). The van der Waals surface area contributed by atoms with Crippen LogP contribution < -0.4 is 14.2 Å². The first-order chi connectivity index (χ1) is 9.86. The van der Waals surface area contributed by atoms with Crippen LogP contribution in [0.4, 0.5) is 0 Å². The summed E-state index contributed by atoms with van der Waals surface area (Å²) in [5.74, 6) is 2.29. The van der Waals surface area contributed by atoms with Crippen molar-refractivity contribution in [1.29, 1.82) is 0 Å².